The zero-order chi connectivity index (χ0) is 20.5. The average molecular weight is 416 g/mol. The number of aryl methyl sites for hydroxylation is 2. The van der Waals surface area contributed by atoms with Gasteiger partial charge in [-0.05, 0) is 39.9 Å². The van der Waals surface area contributed by atoms with Gasteiger partial charge in [-0.3, -0.25) is 0 Å². The van der Waals surface area contributed by atoms with Gasteiger partial charge >= 0.3 is 5.97 Å². The number of nitrogens with zero attached hydrogens (tertiary/aromatic N) is 6. The van der Waals surface area contributed by atoms with E-state index in [1.54, 1.807) is 6.33 Å². The highest BCUT2D eigenvalue weighted by molar-refractivity contribution is 7.20. The molecule has 0 saturated carbocycles. The number of thiophene rings is 1. The summed E-state index contributed by atoms with van der Waals surface area (Å²) in [5.74, 6) is 2.20. The van der Waals surface area contributed by atoms with Gasteiger partial charge in [-0.2, -0.15) is 5.10 Å². The zero-order valence-electron chi connectivity index (χ0n) is 17.1. The van der Waals surface area contributed by atoms with Crippen molar-refractivity contribution in [3.8, 4) is 0 Å². The maximum absolute atomic E-state index is 12.4. The number of hydrogen-bond acceptors (Lipinski definition) is 9. The number of fused-ring (bicyclic) bond motifs is 2. The van der Waals surface area contributed by atoms with Crippen molar-refractivity contribution >= 4 is 33.3 Å². The fourth-order valence-corrected chi connectivity index (χ4v) is 4.67. The van der Waals surface area contributed by atoms with E-state index < -0.39 is 0 Å². The average Bonchev–Trinajstić information content (AvgIpc) is 3.25. The smallest absolute Gasteiger partial charge is 0.348 e. The second kappa shape index (κ2) is 8.03. The molecule has 0 bridgehead atoms. The number of rotatable bonds is 6. The van der Waals surface area contributed by atoms with E-state index >= 15 is 0 Å². The summed E-state index contributed by atoms with van der Waals surface area (Å²) in [4.78, 5) is 29.6. The van der Waals surface area contributed by atoms with Crippen LogP contribution >= 0.6 is 11.3 Å². The molecular weight excluding hydrogens is 390 g/mol. The number of carbonyl (C=O) groups is 1. The molecule has 10 heteroatoms. The molecule has 1 aliphatic heterocycles. The monoisotopic (exact) mass is 415 g/mol. The highest BCUT2D eigenvalue weighted by Crippen LogP contribution is 2.35. The molecule has 0 saturated heterocycles. The Balaban J connectivity index is 1.73. The summed E-state index contributed by atoms with van der Waals surface area (Å²) in [6.07, 6.45) is 3.42. The van der Waals surface area contributed by atoms with Gasteiger partial charge in [0, 0.05) is 12.5 Å². The first-order chi connectivity index (χ1) is 14.0. The molecule has 0 radical (unpaired) electrons. The SMILES string of the molecule is CCOC(=O)c1sc2nc(CN(C)C)nc(NC3CCc4ncnn4C3)c2c1C. The van der Waals surface area contributed by atoms with Gasteiger partial charge < -0.3 is 15.0 Å². The van der Waals surface area contributed by atoms with Crippen LogP contribution in [0.5, 0.6) is 0 Å². The third-order valence-electron chi connectivity index (χ3n) is 4.90. The molecule has 4 rings (SSSR count). The summed E-state index contributed by atoms with van der Waals surface area (Å²) in [5, 5.41) is 8.78. The van der Waals surface area contributed by atoms with E-state index in [-0.39, 0.29) is 12.0 Å². The minimum absolute atomic E-state index is 0.180. The second-order valence-electron chi connectivity index (χ2n) is 7.42. The molecule has 154 valence electrons. The maximum Gasteiger partial charge on any atom is 0.348 e. The highest BCUT2D eigenvalue weighted by Gasteiger charge is 2.25. The third-order valence-corrected chi connectivity index (χ3v) is 6.07. The summed E-state index contributed by atoms with van der Waals surface area (Å²) in [5.41, 5.74) is 0.861. The molecule has 29 heavy (non-hydrogen) atoms. The van der Waals surface area contributed by atoms with E-state index in [9.17, 15) is 4.79 Å². The number of hydrogen-bond donors (Lipinski definition) is 1. The summed E-state index contributed by atoms with van der Waals surface area (Å²) < 4.78 is 7.16. The molecule has 0 amide bonds. The first-order valence-corrected chi connectivity index (χ1v) is 10.5. The van der Waals surface area contributed by atoms with E-state index in [0.717, 1.165) is 52.6 Å². The van der Waals surface area contributed by atoms with Gasteiger partial charge in [-0.15, -0.1) is 11.3 Å². The summed E-state index contributed by atoms with van der Waals surface area (Å²) in [6.45, 7) is 5.44. The Morgan fingerprint density at radius 3 is 3.00 bits per heavy atom. The molecule has 1 aliphatic rings. The fraction of sp³-hybridized carbons (Fsp3) is 0.526. The van der Waals surface area contributed by atoms with Crippen LogP contribution in [0.4, 0.5) is 5.82 Å². The van der Waals surface area contributed by atoms with Crippen LogP contribution in [0.25, 0.3) is 10.2 Å². The summed E-state index contributed by atoms with van der Waals surface area (Å²) in [7, 11) is 3.97. The van der Waals surface area contributed by atoms with Crippen molar-refractivity contribution in [2.75, 3.05) is 26.0 Å². The lowest BCUT2D eigenvalue weighted by Gasteiger charge is -2.24. The van der Waals surface area contributed by atoms with Crippen LogP contribution in [-0.2, 0) is 24.2 Å². The van der Waals surface area contributed by atoms with Crippen LogP contribution in [-0.4, -0.2) is 62.3 Å². The Morgan fingerprint density at radius 1 is 1.41 bits per heavy atom. The first kappa shape index (κ1) is 19.7. The van der Waals surface area contributed by atoms with Gasteiger partial charge in [0.05, 0.1) is 25.1 Å². The van der Waals surface area contributed by atoms with E-state index in [4.69, 9.17) is 14.7 Å². The Labute approximate surface area is 173 Å². The minimum atomic E-state index is -0.307. The lowest BCUT2D eigenvalue weighted by Crippen LogP contribution is -2.32. The van der Waals surface area contributed by atoms with E-state index in [1.165, 1.54) is 11.3 Å². The highest BCUT2D eigenvalue weighted by atomic mass is 32.1. The van der Waals surface area contributed by atoms with Crippen LogP contribution in [0.1, 0.15) is 40.2 Å². The molecule has 3 aromatic heterocycles. The van der Waals surface area contributed by atoms with E-state index in [2.05, 4.69) is 15.4 Å². The van der Waals surface area contributed by atoms with Gasteiger partial charge in [-0.1, -0.05) is 0 Å². The van der Waals surface area contributed by atoms with Crippen LogP contribution in [0, 0.1) is 6.92 Å². The van der Waals surface area contributed by atoms with E-state index in [0.29, 0.717) is 18.0 Å². The molecule has 4 heterocycles. The normalized spacial score (nSPS) is 16.2. The molecule has 0 spiro atoms. The number of nitrogens with one attached hydrogen (secondary N) is 1. The fourth-order valence-electron chi connectivity index (χ4n) is 3.58. The standard InChI is InChI=1S/C19H25N7O2S/c1-5-28-19(27)16-11(2)15-17(23-13(9-25(3)4)24-18(15)29-16)22-12-6-7-14-20-10-21-26(14)8-12/h10,12H,5-9H2,1-4H3,(H,22,23,24). The second-order valence-corrected chi connectivity index (χ2v) is 8.42. The molecule has 1 N–H and O–H groups in total. The number of ether oxygens (including phenoxy) is 1. The van der Waals surface area contributed by atoms with Crippen molar-refractivity contribution in [2.45, 2.75) is 45.8 Å². The quantitative estimate of drug-likeness (QED) is 0.612. The number of carbonyl (C=O) groups excluding carboxylic acids is 1. The minimum Gasteiger partial charge on any atom is -0.462 e. The molecule has 3 aromatic rings. The van der Waals surface area contributed by atoms with Gasteiger partial charge in [0.15, 0.2) is 0 Å². The molecular formula is C19H25N7O2S. The number of anilines is 1. The lowest BCUT2D eigenvalue weighted by molar-refractivity contribution is 0.0531. The van der Waals surface area contributed by atoms with Gasteiger partial charge in [0.25, 0.3) is 0 Å². The molecule has 1 atom stereocenters. The van der Waals surface area contributed by atoms with Crippen molar-refractivity contribution in [2.24, 2.45) is 0 Å². The molecule has 0 fully saturated rings. The van der Waals surface area contributed by atoms with Crippen molar-refractivity contribution < 1.29 is 9.53 Å². The van der Waals surface area contributed by atoms with Crippen LogP contribution in [0.2, 0.25) is 0 Å². The summed E-state index contributed by atoms with van der Waals surface area (Å²) in [6, 6.07) is 0.180. The predicted molar refractivity (Wildman–Crippen MR) is 111 cm³/mol. The van der Waals surface area contributed by atoms with Gasteiger partial charge in [0.2, 0.25) is 0 Å². The van der Waals surface area contributed by atoms with Crippen molar-refractivity contribution in [3.63, 3.8) is 0 Å². The van der Waals surface area contributed by atoms with Gasteiger partial charge in [0.1, 0.15) is 33.5 Å². The van der Waals surface area contributed by atoms with Crippen LogP contribution in [0.3, 0.4) is 0 Å². The molecule has 0 aromatic carbocycles. The molecule has 0 aliphatic carbocycles. The predicted octanol–water partition coefficient (Wildman–Crippen LogP) is 2.26. The Bertz CT molecular complexity index is 1040. The maximum atomic E-state index is 12.4. The third kappa shape index (κ3) is 3.95. The van der Waals surface area contributed by atoms with Crippen molar-refractivity contribution in [1.29, 1.82) is 0 Å². The zero-order valence-corrected chi connectivity index (χ0v) is 17.9. The first-order valence-electron chi connectivity index (χ1n) is 9.71. The molecule has 9 nitrogen and oxygen atoms in total. The van der Waals surface area contributed by atoms with Crippen LogP contribution < -0.4 is 5.32 Å². The number of esters is 1. The topological polar surface area (TPSA) is 98.1 Å². The van der Waals surface area contributed by atoms with Gasteiger partial charge in [-0.25, -0.2) is 24.4 Å². The Morgan fingerprint density at radius 2 is 2.24 bits per heavy atom. The van der Waals surface area contributed by atoms with Crippen LogP contribution in [0.15, 0.2) is 6.33 Å². The number of aromatic nitrogens is 5. The van der Waals surface area contributed by atoms with Crippen molar-refractivity contribution in [3.05, 3.63) is 28.4 Å². The Kier molecular flexibility index (Phi) is 5.46. The van der Waals surface area contributed by atoms with E-state index in [1.807, 2.05) is 37.5 Å². The summed E-state index contributed by atoms with van der Waals surface area (Å²) >= 11 is 1.37. The molecule has 1 unspecified atom stereocenters. The Hall–Kier alpha value is -2.59. The largest absolute Gasteiger partial charge is 0.462 e. The van der Waals surface area contributed by atoms with Crippen molar-refractivity contribution in [1.82, 2.24) is 29.6 Å². The lowest BCUT2D eigenvalue weighted by atomic mass is 10.1.